The Kier molecular flexibility index (Phi) is 8.24. The van der Waals surface area contributed by atoms with Gasteiger partial charge in [-0.2, -0.15) is 13.2 Å². The third kappa shape index (κ3) is 6.92. The summed E-state index contributed by atoms with van der Waals surface area (Å²) < 4.78 is 56.0. The molecule has 0 saturated heterocycles. The summed E-state index contributed by atoms with van der Waals surface area (Å²) in [5.41, 5.74) is -0.281. The average molecular weight is 491 g/mol. The first-order valence-corrected chi connectivity index (χ1v) is 10.5. The van der Waals surface area contributed by atoms with E-state index in [1.165, 1.54) is 38.9 Å². The Bertz CT molecular complexity index is 1160. The van der Waals surface area contributed by atoms with Gasteiger partial charge in [0, 0.05) is 17.9 Å². The molecule has 0 spiro atoms. The third-order valence-corrected chi connectivity index (χ3v) is 4.99. The number of nitrogens with one attached hydrogen (secondary N) is 3. The van der Waals surface area contributed by atoms with Crippen LogP contribution in [0.3, 0.4) is 0 Å². The van der Waals surface area contributed by atoms with E-state index in [0.29, 0.717) is 17.9 Å². The average Bonchev–Trinajstić information content (AvgIpc) is 3.38. The summed E-state index contributed by atoms with van der Waals surface area (Å²) in [5.74, 6) is 0.0523. The topological polar surface area (TPSA) is 102 Å². The summed E-state index contributed by atoms with van der Waals surface area (Å²) in [6.07, 6.45) is -1.75. The molecule has 1 heterocycles. The largest absolute Gasteiger partial charge is 0.493 e. The van der Waals surface area contributed by atoms with Crippen molar-refractivity contribution in [3.05, 3.63) is 71.7 Å². The summed E-state index contributed by atoms with van der Waals surface area (Å²) in [6.45, 7) is -0.0865. The van der Waals surface area contributed by atoms with E-state index in [4.69, 9.17) is 13.9 Å². The van der Waals surface area contributed by atoms with Gasteiger partial charge in [-0.25, -0.2) is 0 Å². The molecule has 3 N–H and O–H groups in total. The van der Waals surface area contributed by atoms with Crippen LogP contribution in [0.25, 0.3) is 0 Å². The SMILES string of the molecule is COc1ccc(CCNC(=O)CNc2ccc(NC(=O)c3ccoc3)cc2C(F)(F)F)cc1OC. The van der Waals surface area contributed by atoms with Gasteiger partial charge < -0.3 is 29.8 Å². The number of methoxy groups -OCH3 is 2. The van der Waals surface area contributed by atoms with Gasteiger partial charge in [0.05, 0.1) is 38.2 Å². The molecular weight excluding hydrogens is 467 g/mol. The minimum absolute atomic E-state index is 0.0477. The number of benzene rings is 2. The lowest BCUT2D eigenvalue weighted by molar-refractivity contribution is -0.137. The minimum Gasteiger partial charge on any atom is -0.493 e. The van der Waals surface area contributed by atoms with Crippen LogP contribution < -0.4 is 25.4 Å². The predicted octanol–water partition coefficient (Wildman–Crippen LogP) is 4.34. The lowest BCUT2D eigenvalue weighted by atomic mass is 10.1. The Hall–Kier alpha value is -4.15. The van der Waals surface area contributed by atoms with Crippen molar-refractivity contribution in [2.75, 3.05) is 37.9 Å². The number of furan rings is 1. The molecule has 3 aromatic rings. The molecule has 0 bridgehead atoms. The van der Waals surface area contributed by atoms with E-state index in [-0.39, 0.29) is 30.0 Å². The molecule has 0 aliphatic rings. The zero-order chi connectivity index (χ0) is 25.4. The van der Waals surface area contributed by atoms with E-state index in [1.54, 1.807) is 12.1 Å². The number of hydrogen-bond donors (Lipinski definition) is 3. The van der Waals surface area contributed by atoms with Crippen molar-refractivity contribution in [3.63, 3.8) is 0 Å². The smallest absolute Gasteiger partial charge is 0.418 e. The maximum absolute atomic E-state index is 13.6. The summed E-state index contributed by atoms with van der Waals surface area (Å²) in [6, 6.07) is 10.0. The molecule has 2 amide bonds. The Labute approximate surface area is 199 Å². The predicted molar refractivity (Wildman–Crippen MR) is 123 cm³/mol. The molecule has 0 fully saturated rings. The van der Waals surface area contributed by atoms with Crippen LogP contribution in [0.2, 0.25) is 0 Å². The van der Waals surface area contributed by atoms with Crippen molar-refractivity contribution in [1.29, 1.82) is 0 Å². The van der Waals surface area contributed by atoms with Gasteiger partial charge in [0.2, 0.25) is 5.91 Å². The Balaban J connectivity index is 1.57. The second-order valence-corrected chi connectivity index (χ2v) is 7.37. The first-order valence-electron chi connectivity index (χ1n) is 10.5. The summed E-state index contributed by atoms with van der Waals surface area (Å²) in [5, 5.41) is 7.56. The van der Waals surface area contributed by atoms with Gasteiger partial charge in [-0.05, 0) is 48.4 Å². The lowest BCUT2D eigenvalue weighted by Crippen LogP contribution is -2.31. The van der Waals surface area contributed by atoms with Crippen LogP contribution in [-0.2, 0) is 17.4 Å². The van der Waals surface area contributed by atoms with Gasteiger partial charge in [-0.1, -0.05) is 6.07 Å². The first kappa shape index (κ1) is 25.5. The monoisotopic (exact) mass is 491 g/mol. The molecule has 186 valence electrons. The molecule has 0 unspecified atom stereocenters. The normalized spacial score (nSPS) is 11.0. The van der Waals surface area contributed by atoms with E-state index in [1.807, 2.05) is 6.07 Å². The van der Waals surface area contributed by atoms with Crippen molar-refractivity contribution >= 4 is 23.2 Å². The van der Waals surface area contributed by atoms with Crippen LogP contribution in [0.4, 0.5) is 24.5 Å². The van der Waals surface area contributed by atoms with Crippen LogP contribution in [0.15, 0.2) is 59.4 Å². The third-order valence-electron chi connectivity index (χ3n) is 4.99. The zero-order valence-corrected chi connectivity index (χ0v) is 19.0. The van der Waals surface area contributed by atoms with E-state index >= 15 is 0 Å². The number of halogens is 3. The number of hydrogen-bond acceptors (Lipinski definition) is 6. The van der Waals surface area contributed by atoms with Crippen LogP contribution >= 0.6 is 0 Å². The maximum atomic E-state index is 13.6. The van der Waals surface area contributed by atoms with Crippen molar-refractivity contribution in [2.24, 2.45) is 0 Å². The molecule has 3 rings (SSSR count). The Morgan fingerprint density at radius 1 is 1.00 bits per heavy atom. The number of carbonyl (C=O) groups is 2. The van der Waals surface area contributed by atoms with Gasteiger partial charge in [0.25, 0.3) is 5.91 Å². The second kappa shape index (κ2) is 11.3. The fourth-order valence-corrected chi connectivity index (χ4v) is 3.23. The number of alkyl halides is 3. The second-order valence-electron chi connectivity index (χ2n) is 7.37. The number of ether oxygens (including phenoxy) is 2. The fourth-order valence-electron chi connectivity index (χ4n) is 3.23. The van der Waals surface area contributed by atoms with Gasteiger partial charge in [-0.3, -0.25) is 9.59 Å². The van der Waals surface area contributed by atoms with Crippen LogP contribution in [0.5, 0.6) is 11.5 Å². The molecule has 8 nitrogen and oxygen atoms in total. The molecule has 0 saturated carbocycles. The van der Waals surface area contributed by atoms with Crippen molar-refractivity contribution in [2.45, 2.75) is 12.6 Å². The summed E-state index contributed by atoms with van der Waals surface area (Å²) in [7, 11) is 3.05. The molecular formula is C24H24F3N3O5. The zero-order valence-electron chi connectivity index (χ0n) is 19.0. The number of amides is 2. The minimum atomic E-state index is -4.71. The highest BCUT2D eigenvalue weighted by atomic mass is 19.4. The number of carbonyl (C=O) groups excluding carboxylic acids is 2. The molecule has 0 aliphatic heterocycles. The quantitative estimate of drug-likeness (QED) is 0.390. The van der Waals surface area contributed by atoms with Crippen LogP contribution in [0.1, 0.15) is 21.5 Å². The first-order chi connectivity index (χ1) is 16.7. The summed E-state index contributed by atoms with van der Waals surface area (Å²) >= 11 is 0. The Morgan fingerprint density at radius 3 is 2.43 bits per heavy atom. The van der Waals surface area contributed by atoms with Crippen LogP contribution in [0, 0.1) is 0 Å². The lowest BCUT2D eigenvalue weighted by Gasteiger charge is -2.16. The molecule has 35 heavy (non-hydrogen) atoms. The number of anilines is 2. The molecule has 1 aromatic heterocycles. The molecule has 11 heteroatoms. The van der Waals surface area contributed by atoms with Gasteiger partial charge in [0.1, 0.15) is 6.26 Å². The molecule has 0 atom stereocenters. The fraction of sp³-hybridized carbons (Fsp3) is 0.250. The van der Waals surface area contributed by atoms with E-state index in [0.717, 1.165) is 17.7 Å². The van der Waals surface area contributed by atoms with E-state index in [9.17, 15) is 22.8 Å². The van der Waals surface area contributed by atoms with Crippen molar-refractivity contribution in [3.8, 4) is 11.5 Å². The highest BCUT2D eigenvalue weighted by Gasteiger charge is 2.34. The molecule has 2 aromatic carbocycles. The summed E-state index contributed by atoms with van der Waals surface area (Å²) in [4.78, 5) is 24.2. The van der Waals surface area contributed by atoms with E-state index < -0.39 is 23.6 Å². The van der Waals surface area contributed by atoms with Crippen LogP contribution in [-0.4, -0.2) is 39.1 Å². The molecule has 0 radical (unpaired) electrons. The highest BCUT2D eigenvalue weighted by molar-refractivity contribution is 6.04. The van der Waals surface area contributed by atoms with Crippen molar-refractivity contribution in [1.82, 2.24) is 5.32 Å². The van der Waals surface area contributed by atoms with Gasteiger partial charge in [0.15, 0.2) is 11.5 Å². The Morgan fingerprint density at radius 2 is 1.77 bits per heavy atom. The standard InChI is InChI=1S/C24H24F3N3O5/c1-33-20-6-3-15(11-21(20)34-2)7-9-28-22(31)13-29-19-5-4-17(12-18(19)24(25,26)27)30-23(32)16-8-10-35-14-16/h3-6,8,10-12,14,29H,7,9,13H2,1-2H3,(H,28,31)(H,30,32). The van der Waals surface area contributed by atoms with E-state index in [2.05, 4.69) is 16.0 Å². The van der Waals surface area contributed by atoms with Crippen molar-refractivity contribution < 1.29 is 36.7 Å². The molecule has 0 aliphatic carbocycles. The maximum Gasteiger partial charge on any atom is 0.418 e. The highest BCUT2D eigenvalue weighted by Crippen LogP contribution is 2.36. The van der Waals surface area contributed by atoms with Gasteiger partial charge in [-0.15, -0.1) is 0 Å². The number of rotatable bonds is 10. The van der Waals surface area contributed by atoms with Gasteiger partial charge >= 0.3 is 6.18 Å².